The summed E-state index contributed by atoms with van der Waals surface area (Å²) in [6.45, 7) is -0.111. The Morgan fingerprint density at radius 2 is 1.92 bits per heavy atom. The van der Waals surface area contributed by atoms with E-state index in [9.17, 15) is 9.59 Å². The van der Waals surface area contributed by atoms with E-state index < -0.39 is 11.9 Å². The van der Waals surface area contributed by atoms with E-state index in [1.165, 1.54) is 0 Å². The van der Waals surface area contributed by atoms with Gasteiger partial charge in [0, 0.05) is 23.1 Å². The van der Waals surface area contributed by atoms with Gasteiger partial charge in [-0.3, -0.25) is 10.0 Å². The van der Waals surface area contributed by atoms with Crippen LogP contribution in [0.5, 0.6) is 11.5 Å². The quantitative estimate of drug-likeness (QED) is 0.425. The maximum atomic E-state index is 11.6. The van der Waals surface area contributed by atoms with Gasteiger partial charge in [0.2, 0.25) is 0 Å². The molecule has 0 aliphatic rings. The van der Waals surface area contributed by atoms with Gasteiger partial charge in [0.1, 0.15) is 11.5 Å². The second-order valence-corrected chi connectivity index (χ2v) is 5.49. The number of benzene rings is 2. The monoisotopic (exact) mass is 373 g/mol. The van der Waals surface area contributed by atoms with Crippen molar-refractivity contribution in [1.82, 2.24) is 10.4 Å². The molecule has 4 N–H and O–H groups in total. The molecule has 7 nitrogen and oxygen atoms in total. The Bertz CT molecular complexity index is 844. The molecule has 0 fully saturated rings. The first-order chi connectivity index (χ1) is 12.4. The SMILES string of the molecule is NC(=O)N(O)CCNC(=O)C#Cc1cccc(Oc2ccc(Cl)cc2)c1. The van der Waals surface area contributed by atoms with Gasteiger partial charge in [-0.1, -0.05) is 23.6 Å². The standard InChI is InChI=1S/C18H16ClN3O4/c19-14-5-7-15(8-6-14)26-16-3-1-2-13(12-16)4-9-17(23)21-10-11-22(25)18(20)24/h1-3,5-8,12,25H,10-11H2,(H2,20,24)(H,21,23). The minimum Gasteiger partial charge on any atom is -0.457 e. The van der Waals surface area contributed by atoms with Crippen LogP contribution in [0.2, 0.25) is 5.02 Å². The number of hydrogen-bond acceptors (Lipinski definition) is 4. The van der Waals surface area contributed by atoms with Crippen LogP contribution in [-0.2, 0) is 4.79 Å². The first-order valence-corrected chi connectivity index (χ1v) is 7.91. The molecular weight excluding hydrogens is 358 g/mol. The number of urea groups is 1. The Labute approximate surface area is 155 Å². The van der Waals surface area contributed by atoms with Gasteiger partial charge in [-0.05, 0) is 42.5 Å². The van der Waals surface area contributed by atoms with Crippen molar-refractivity contribution in [3.63, 3.8) is 0 Å². The summed E-state index contributed by atoms with van der Waals surface area (Å²) >= 11 is 5.83. The van der Waals surface area contributed by atoms with Crippen molar-refractivity contribution in [1.29, 1.82) is 0 Å². The van der Waals surface area contributed by atoms with E-state index in [1.807, 2.05) is 0 Å². The van der Waals surface area contributed by atoms with Crippen LogP contribution in [0.4, 0.5) is 4.79 Å². The summed E-state index contributed by atoms with van der Waals surface area (Å²) in [5.41, 5.74) is 5.43. The molecule has 0 saturated heterocycles. The largest absolute Gasteiger partial charge is 0.457 e. The number of ether oxygens (including phenoxy) is 1. The summed E-state index contributed by atoms with van der Waals surface area (Å²) in [5.74, 6) is 5.76. The molecular formula is C18H16ClN3O4. The Hall–Kier alpha value is -3.21. The third kappa shape index (κ3) is 6.36. The first kappa shape index (κ1) is 19.1. The second-order valence-electron chi connectivity index (χ2n) is 5.05. The fourth-order valence-corrected chi connectivity index (χ4v) is 1.96. The Kier molecular flexibility index (Phi) is 6.85. The van der Waals surface area contributed by atoms with Gasteiger partial charge in [0.15, 0.2) is 0 Å². The van der Waals surface area contributed by atoms with Crippen molar-refractivity contribution in [2.24, 2.45) is 5.73 Å². The highest BCUT2D eigenvalue weighted by atomic mass is 35.5. The van der Waals surface area contributed by atoms with E-state index in [0.717, 1.165) is 0 Å². The maximum absolute atomic E-state index is 11.6. The van der Waals surface area contributed by atoms with Crippen molar-refractivity contribution in [2.45, 2.75) is 0 Å². The lowest BCUT2D eigenvalue weighted by molar-refractivity contribution is -0.116. The fourth-order valence-electron chi connectivity index (χ4n) is 1.83. The second kappa shape index (κ2) is 9.32. The average molecular weight is 374 g/mol. The molecule has 0 atom stereocenters. The van der Waals surface area contributed by atoms with E-state index in [0.29, 0.717) is 27.1 Å². The summed E-state index contributed by atoms with van der Waals surface area (Å²) < 4.78 is 5.69. The molecule has 0 aliphatic carbocycles. The molecule has 134 valence electrons. The molecule has 2 aromatic carbocycles. The van der Waals surface area contributed by atoms with Crippen molar-refractivity contribution in [2.75, 3.05) is 13.1 Å². The van der Waals surface area contributed by atoms with Gasteiger partial charge in [-0.15, -0.1) is 0 Å². The van der Waals surface area contributed by atoms with Crippen LogP contribution < -0.4 is 15.8 Å². The number of amides is 3. The number of hydrogen-bond donors (Lipinski definition) is 3. The normalized spacial score (nSPS) is 9.62. The zero-order valence-electron chi connectivity index (χ0n) is 13.6. The van der Waals surface area contributed by atoms with Crippen LogP contribution in [0.1, 0.15) is 5.56 Å². The first-order valence-electron chi connectivity index (χ1n) is 7.53. The number of nitrogens with zero attached hydrogens (tertiary/aromatic N) is 1. The highest BCUT2D eigenvalue weighted by Gasteiger charge is 2.05. The van der Waals surface area contributed by atoms with E-state index in [2.05, 4.69) is 17.2 Å². The maximum Gasteiger partial charge on any atom is 0.338 e. The summed E-state index contributed by atoms with van der Waals surface area (Å²) in [4.78, 5) is 22.2. The fraction of sp³-hybridized carbons (Fsp3) is 0.111. The van der Waals surface area contributed by atoms with Gasteiger partial charge in [-0.25, -0.2) is 9.86 Å². The molecule has 0 bridgehead atoms. The van der Waals surface area contributed by atoms with Crippen molar-refractivity contribution < 1.29 is 19.5 Å². The lowest BCUT2D eigenvalue weighted by Crippen LogP contribution is -2.38. The molecule has 2 rings (SSSR count). The van der Waals surface area contributed by atoms with Crippen LogP contribution in [-0.4, -0.2) is 35.3 Å². The van der Waals surface area contributed by atoms with Gasteiger partial charge in [-0.2, -0.15) is 0 Å². The average Bonchev–Trinajstić information content (AvgIpc) is 2.62. The van der Waals surface area contributed by atoms with Gasteiger partial charge >= 0.3 is 6.03 Å². The van der Waals surface area contributed by atoms with Gasteiger partial charge in [0.25, 0.3) is 5.91 Å². The molecule has 26 heavy (non-hydrogen) atoms. The van der Waals surface area contributed by atoms with Crippen molar-refractivity contribution >= 4 is 23.5 Å². The molecule has 2 aromatic rings. The molecule has 8 heteroatoms. The molecule has 0 aliphatic heterocycles. The van der Waals surface area contributed by atoms with Crippen LogP contribution in [0.25, 0.3) is 0 Å². The Morgan fingerprint density at radius 3 is 2.62 bits per heavy atom. The lowest BCUT2D eigenvalue weighted by atomic mass is 10.2. The third-order valence-electron chi connectivity index (χ3n) is 3.07. The smallest absolute Gasteiger partial charge is 0.338 e. The minimum atomic E-state index is -0.997. The van der Waals surface area contributed by atoms with Crippen LogP contribution >= 0.6 is 11.6 Å². The topological polar surface area (TPSA) is 105 Å². The van der Waals surface area contributed by atoms with Crippen LogP contribution in [0, 0.1) is 11.8 Å². The summed E-state index contributed by atoms with van der Waals surface area (Å²) in [6, 6.07) is 12.9. The molecule has 0 unspecified atom stereocenters. The summed E-state index contributed by atoms with van der Waals surface area (Å²) in [7, 11) is 0. The number of halogens is 1. The molecule has 0 aromatic heterocycles. The Morgan fingerprint density at radius 1 is 1.19 bits per heavy atom. The lowest BCUT2D eigenvalue weighted by Gasteiger charge is -2.10. The molecule has 0 saturated carbocycles. The van der Waals surface area contributed by atoms with E-state index in [-0.39, 0.29) is 13.1 Å². The summed E-state index contributed by atoms with van der Waals surface area (Å²) in [5, 5.41) is 12.4. The van der Waals surface area contributed by atoms with Crippen LogP contribution in [0.3, 0.4) is 0 Å². The Balaban J connectivity index is 1.92. The highest BCUT2D eigenvalue weighted by molar-refractivity contribution is 6.30. The van der Waals surface area contributed by atoms with E-state index in [1.54, 1.807) is 48.5 Å². The number of nitrogens with two attached hydrogens (primary N) is 1. The predicted molar refractivity (Wildman–Crippen MR) is 95.9 cm³/mol. The minimum absolute atomic E-state index is 0.0205. The van der Waals surface area contributed by atoms with Gasteiger partial charge in [0.05, 0.1) is 6.54 Å². The number of hydroxylamine groups is 2. The highest BCUT2D eigenvalue weighted by Crippen LogP contribution is 2.23. The number of carbonyl (C=O) groups is 2. The van der Waals surface area contributed by atoms with Gasteiger partial charge < -0.3 is 15.8 Å². The zero-order valence-corrected chi connectivity index (χ0v) is 14.4. The molecule has 0 heterocycles. The van der Waals surface area contributed by atoms with Crippen molar-refractivity contribution in [3.05, 3.63) is 59.1 Å². The van der Waals surface area contributed by atoms with Crippen LogP contribution in [0.15, 0.2) is 48.5 Å². The zero-order chi connectivity index (χ0) is 18.9. The number of carbonyl (C=O) groups excluding carboxylic acids is 2. The number of primary amides is 1. The number of nitrogens with one attached hydrogen (secondary N) is 1. The number of rotatable bonds is 5. The molecule has 0 spiro atoms. The molecule has 3 amide bonds. The van der Waals surface area contributed by atoms with E-state index in [4.69, 9.17) is 27.3 Å². The van der Waals surface area contributed by atoms with E-state index >= 15 is 0 Å². The predicted octanol–water partition coefficient (Wildman–Crippen LogP) is 2.37. The van der Waals surface area contributed by atoms with Crippen molar-refractivity contribution in [3.8, 4) is 23.3 Å². The third-order valence-corrected chi connectivity index (χ3v) is 3.32. The summed E-state index contributed by atoms with van der Waals surface area (Å²) in [6.07, 6.45) is 0. The molecule has 0 radical (unpaired) electrons.